The first-order valence-electron chi connectivity index (χ1n) is 4.73. The molecule has 0 unspecified atom stereocenters. The van der Waals surface area contributed by atoms with Crippen LogP contribution in [0.5, 0.6) is 0 Å². The maximum atomic E-state index is 9.41. The second-order valence-electron chi connectivity index (χ2n) is 3.63. The summed E-state index contributed by atoms with van der Waals surface area (Å²) in [6.07, 6.45) is 0.817. The second-order valence-corrected chi connectivity index (χ2v) is 4.61. The number of hydrogen-bond acceptors (Lipinski definition) is 3. The van der Waals surface area contributed by atoms with E-state index in [0.717, 1.165) is 19.5 Å². The summed E-state index contributed by atoms with van der Waals surface area (Å²) in [5.41, 5.74) is 0. The minimum absolute atomic E-state index is 0.109. The zero-order valence-corrected chi connectivity index (χ0v) is 8.63. The lowest BCUT2D eigenvalue weighted by Gasteiger charge is -2.22. The number of thiophene rings is 1. The minimum Gasteiger partial charge on any atom is -0.392 e. The topological polar surface area (TPSA) is 23.5 Å². The molecule has 13 heavy (non-hydrogen) atoms. The lowest BCUT2D eigenvalue weighted by atomic mass is 10.2. The van der Waals surface area contributed by atoms with Gasteiger partial charge in [0, 0.05) is 24.0 Å². The van der Waals surface area contributed by atoms with Crippen LogP contribution in [-0.4, -0.2) is 29.2 Å². The van der Waals surface area contributed by atoms with Gasteiger partial charge >= 0.3 is 0 Å². The van der Waals surface area contributed by atoms with Crippen LogP contribution in [0.4, 0.5) is 0 Å². The highest BCUT2D eigenvalue weighted by Crippen LogP contribution is 2.27. The van der Waals surface area contributed by atoms with Crippen LogP contribution >= 0.6 is 11.3 Å². The summed E-state index contributed by atoms with van der Waals surface area (Å²) in [5.74, 6) is 0. The summed E-state index contributed by atoms with van der Waals surface area (Å²) < 4.78 is 0. The zero-order chi connectivity index (χ0) is 9.26. The van der Waals surface area contributed by atoms with Crippen molar-refractivity contribution in [3.8, 4) is 0 Å². The average Bonchev–Trinajstić information content (AvgIpc) is 2.72. The Labute approximate surface area is 82.8 Å². The van der Waals surface area contributed by atoms with Crippen molar-refractivity contribution in [1.82, 2.24) is 4.90 Å². The Balaban J connectivity index is 2.02. The molecule has 2 atom stereocenters. The number of β-amino-alcohol motifs (C(OH)–C–C–N with tert-alkyl or cyclic N) is 1. The third-order valence-corrected chi connectivity index (χ3v) is 3.74. The number of hydrogen-bond donors (Lipinski definition) is 1. The molecule has 1 saturated heterocycles. The fourth-order valence-electron chi connectivity index (χ4n) is 1.83. The molecule has 0 aliphatic carbocycles. The van der Waals surface area contributed by atoms with E-state index in [0.29, 0.717) is 6.04 Å². The summed E-state index contributed by atoms with van der Waals surface area (Å²) in [5, 5.41) is 11.5. The molecule has 3 heteroatoms. The first-order valence-corrected chi connectivity index (χ1v) is 5.61. The number of rotatable bonds is 2. The summed E-state index contributed by atoms with van der Waals surface area (Å²) >= 11 is 1.80. The van der Waals surface area contributed by atoms with Crippen molar-refractivity contribution < 1.29 is 5.11 Å². The third kappa shape index (κ3) is 1.93. The molecule has 0 radical (unpaired) electrons. The molecule has 1 aliphatic heterocycles. The smallest absolute Gasteiger partial charge is 0.0679 e. The molecule has 1 N–H and O–H groups in total. The van der Waals surface area contributed by atoms with Gasteiger partial charge in [-0.1, -0.05) is 6.07 Å². The molecule has 0 amide bonds. The summed E-state index contributed by atoms with van der Waals surface area (Å²) in [6, 6.07) is 4.72. The van der Waals surface area contributed by atoms with Crippen LogP contribution in [0.25, 0.3) is 0 Å². The predicted octanol–water partition coefficient (Wildman–Crippen LogP) is 1.88. The fourth-order valence-corrected chi connectivity index (χ4v) is 2.65. The van der Waals surface area contributed by atoms with Gasteiger partial charge in [-0.25, -0.2) is 0 Å². The molecule has 0 bridgehead atoms. The van der Waals surface area contributed by atoms with Crippen LogP contribution in [0.2, 0.25) is 0 Å². The first-order chi connectivity index (χ1) is 6.27. The maximum Gasteiger partial charge on any atom is 0.0679 e. The molecule has 1 aromatic heterocycles. The number of aliphatic hydroxyl groups is 1. The Hall–Kier alpha value is -0.380. The Morgan fingerprint density at radius 3 is 3.08 bits per heavy atom. The predicted molar refractivity (Wildman–Crippen MR) is 54.9 cm³/mol. The van der Waals surface area contributed by atoms with E-state index >= 15 is 0 Å². The molecule has 2 heterocycles. The van der Waals surface area contributed by atoms with Crippen molar-refractivity contribution in [3.05, 3.63) is 22.4 Å². The molecule has 0 aromatic carbocycles. The summed E-state index contributed by atoms with van der Waals surface area (Å²) in [7, 11) is 0. The summed E-state index contributed by atoms with van der Waals surface area (Å²) in [6.45, 7) is 4.07. The monoisotopic (exact) mass is 197 g/mol. The van der Waals surface area contributed by atoms with E-state index in [9.17, 15) is 5.11 Å². The van der Waals surface area contributed by atoms with Crippen LogP contribution in [-0.2, 0) is 0 Å². The van der Waals surface area contributed by atoms with Crippen LogP contribution in [0.1, 0.15) is 24.3 Å². The van der Waals surface area contributed by atoms with Crippen molar-refractivity contribution >= 4 is 11.3 Å². The highest BCUT2D eigenvalue weighted by Gasteiger charge is 2.25. The van der Waals surface area contributed by atoms with E-state index in [1.54, 1.807) is 11.3 Å². The number of aliphatic hydroxyl groups excluding tert-OH is 1. The van der Waals surface area contributed by atoms with Crippen LogP contribution in [0, 0.1) is 0 Å². The number of nitrogens with zero attached hydrogens (tertiary/aromatic N) is 1. The minimum atomic E-state index is -0.109. The van der Waals surface area contributed by atoms with Crippen molar-refractivity contribution in [2.75, 3.05) is 13.1 Å². The van der Waals surface area contributed by atoms with Gasteiger partial charge < -0.3 is 5.11 Å². The molecule has 1 fully saturated rings. The quantitative estimate of drug-likeness (QED) is 0.782. The molecular formula is C10H15NOS. The second kappa shape index (κ2) is 3.78. The highest BCUT2D eigenvalue weighted by atomic mass is 32.1. The third-order valence-electron chi connectivity index (χ3n) is 2.70. The van der Waals surface area contributed by atoms with Gasteiger partial charge in [-0.15, -0.1) is 11.3 Å². The van der Waals surface area contributed by atoms with Crippen molar-refractivity contribution in [3.63, 3.8) is 0 Å². The van der Waals surface area contributed by atoms with Gasteiger partial charge in [-0.2, -0.15) is 0 Å². The Morgan fingerprint density at radius 1 is 1.69 bits per heavy atom. The first kappa shape index (κ1) is 9.19. The van der Waals surface area contributed by atoms with E-state index in [1.165, 1.54) is 4.88 Å². The van der Waals surface area contributed by atoms with Gasteiger partial charge in [0.05, 0.1) is 6.10 Å². The van der Waals surface area contributed by atoms with Gasteiger partial charge in [0.25, 0.3) is 0 Å². The fraction of sp³-hybridized carbons (Fsp3) is 0.600. The van der Waals surface area contributed by atoms with Crippen molar-refractivity contribution in [2.45, 2.75) is 25.5 Å². The molecule has 1 aromatic rings. The average molecular weight is 197 g/mol. The zero-order valence-electron chi connectivity index (χ0n) is 7.81. The largest absolute Gasteiger partial charge is 0.392 e. The summed E-state index contributed by atoms with van der Waals surface area (Å²) in [4.78, 5) is 3.74. The lowest BCUT2D eigenvalue weighted by Crippen LogP contribution is -2.24. The standard InChI is InChI=1S/C10H15NOS/c1-8(10-3-2-6-13-10)11-5-4-9(12)7-11/h2-3,6,8-9,12H,4-5,7H2,1H3/t8-,9+/m1/s1. The molecule has 0 spiro atoms. The van der Waals surface area contributed by atoms with E-state index < -0.39 is 0 Å². The van der Waals surface area contributed by atoms with Gasteiger partial charge in [0.2, 0.25) is 0 Å². The maximum absolute atomic E-state index is 9.41. The Kier molecular flexibility index (Phi) is 2.67. The van der Waals surface area contributed by atoms with E-state index in [1.807, 2.05) is 0 Å². The van der Waals surface area contributed by atoms with Crippen molar-refractivity contribution in [1.29, 1.82) is 0 Å². The van der Waals surface area contributed by atoms with Crippen LogP contribution < -0.4 is 0 Å². The molecule has 0 saturated carbocycles. The Bertz CT molecular complexity index is 260. The molecule has 2 nitrogen and oxygen atoms in total. The van der Waals surface area contributed by atoms with Crippen LogP contribution in [0.3, 0.4) is 0 Å². The molecular weight excluding hydrogens is 182 g/mol. The number of likely N-dealkylation sites (tertiary alicyclic amines) is 1. The van der Waals surface area contributed by atoms with E-state index in [4.69, 9.17) is 0 Å². The SMILES string of the molecule is C[C@H](c1cccs1)N1CC[C@H](O)C1. The Morgan fingerprint density at radius 2 is 2.54 bits per heavy atom. The normalized spacial score (nSPS) is 26.5. The van der Waals surface area contributed by atoms with Crippen molar-refractivity contribution in [2.24, 2.45) is 0 Å². The van der Waals surface area contributed by atoms with Gasteiger partial charge in [-0.05, 0) is 24.8 Å². The van der Waals surface area contributed by atoms with Gasteiger partial charge in [0.15, 0.2) is 0 Å². The highest BCUT2D eigenvalue weighted by molar-refractivity contribution is 7.10. The van der Waals surface area contributed by atoms with Crippen LogP contribution in [0.15, 0.2) is 17.5 Å². The lowest BCUT2D eigenvalue weighted by molar-refractivity contribution is 0.164. The molecule has 2 rings (SSSR count). The van der Waals surface area contributed by atoms with E-state index in [-0.39, 0.29) is 6.10 Å². The molecule has 72 valence electrons. The van der Waals surface area contributed by atoms with Gasteiger partial charge in [0.1, 0.15) is 0 Å². The molecule has 1 aliphatic rings. The van der Waals surface area contributed by atoms with Gasteiger partial charge in [-0.3, -0.25) is 4.90 Å². The van der Waals surface area contributed by atoms with E-state index in [2.05, 4.69) is 29.3 Å².